The van der Waals surface area contributed by atoms with Crippen molar-refractivity contribution in [3.63, 3.8) is 0 Å². The summed E-state index contributed by atoms with van der Waals surface area (Å²) in [5.41, 5.74) is 2.84. The fourth-order valence-electron chi connectivity index (χ4n) is 4.25. The van der Waals surface area contributed by atoms with Crippen LogP contribution in [0.5, 0.6) is 0 Å². The average molecular weight is 605 g/mol. The largest absolute Gasteiger partial charge is 0.352 e. The standard InChI is InChI=1S/C30H35Cl2N3O4S/c1-6-28(30(37)33-20(2)3)34(18-23-9-7-8-10-27(23)32)29(36)19-35(25-14-11-21(4)22(5)17-25)40(38,39)26-15-12-24(31)13-16-26/h7-17,20,28H,6,18-19H2,1-5H3,(H,33,37)/t28-/m0/s1. The minimum atomic E-state index is -4.18. The number of hydrogen-bond acceptors (Lipinski definition) is 4. The van der Waals surface area contributed by atoms with Crippen molar-refractivity contribution in [2.24, 2.45) is 0 Å². The number of nitrogens with zero attached hydrogens (tertiary/aromatic N) is 2. The van der Waals surface area contributed by atoms with Gasteiger partial charge in [0.05, 0.1) is 10.6 Å². The van der Waals surface area contributed by atoms with Crippen LogP contribution in [0.25, 0.3) is 0 Å². The second-order valence-corrected chi connectivity index (χ2v) is 12.6. The van der Waals surface area contributed by atoms with Crippen molar-refractivity contribution in [3.8, 4) is 0 Å². The van der Waals surface area contributed by atoms with Gasteiger partial charge < -0.3 is 10.2 Å². The molecular formula is C30H35Cl2N3O4S. The minimum absolute atomic E-state index is 0.00910. The molecule has 0 radical (unpaired) electrons. The minimum Gasteiger partial charge on any atom is -0.352 e. The molecule has 0 fully saturated rings. The zero-order valence-electron chi connectivity index (χ0n) is 23.3. The number of amides is 2. The van der Waals surface area contributed by atoms with Crippen LogP contribution in [-0.4, -0.2) is 43.8 Å². The molecule has 0 saturated carbocycles. The monoisotopic (exact) mass is 603 g/mol. The van der Waals surface area contributed by atoms with Gasteiger partial charge in [-0.05, 0) is 93.3 Å². The Morgan fingerprint density at radius 3 is 2.15 bits per heavy atom. The number of carbonyl (C=O) groups excluding carboxylic acids is 2. The van der Waals surface area contributed by atoms with E-state index >= 15 is 0 Å². The number of aryl methyl sites for hydroxylation is 2. The van der Waals surface area contributed by atoms with E-state index in [0.29, 0.717) is 27.7 Å². The fraction of sp³-hybridized carbons (Fsp3) is 0.333. The molecule has 214 valence electrons. The molecule has 40 heavy (non-hydrogen) atoms. The quantitative estimate of drug-likeness (QED) is 0.285. The highest BCUT2D eigenvalue weighted by molar-refractivity contribution is 7.92. The molecular weight excluding hydrogens is 569 g/mol. The van der Waals surface area contributed by atoms with E-state index in [2.05, 4.69) is 5.32 Å². The highest BCUT2D eigenvalue weighted by atomic mass is 35.5. The molecule has 1 N–H and O–H groups in total. The predicted octanol–water partition coefficient (Wildman–Crippen LogP) is 6.14. The van der Waals surface area contributed by atoms with Gasteiger partial charge in [-0.1, -0.05) is 54.4 Å². The molecule has 3 rings (SSSR count). The van der Waals surface area contributed by atoms with Crippen LogP contribution in [0.1, 0.15) is 43.9 Å². The van der Waals surface area contributed by atoms with E-state index in [1.54, 1.807) is 36.4 Å². The van der Waals surface area contributed by atoms with Gasteiger partial charge in [0.2, 0.25) is 11.8 Å². The number of hydrogen-bond donors (Lipinski definition) is 1. The smallest absolute Gasteiger partial charge is 0.264 e. The second-order valence-electron chi connectivity index (χ2n) is 9.93. The number of nitrogens with one attached hydrogen (secondary N) is 1. The molecule has 0 aliphatic rings. The van der Waals surface area contributed by atoms with E-state index in [-0.39, 0.29) is 23.4 Å². The normalized spacial score (nSPS) is 12.2. The first-order valence-electron chi connectivity index (χ1n) is 13.0. The maximum Gasteiger partial charge on any atom is 0.264 e. The van der Waals surface area contributed by atoms with Crippen molar-refractivity contribution in [1.82, 2.24) is 10.2 Å². The van der Waals surface area contributed by atoms with Crippen LogP contribution < -0.4 is 9.62 Å². The predicted molar refractivity (Wildman–Crippen MR) is 161 cm³/mol. The Morgan fingerprint density at radius 1 is 0.925 bits per heavy atom. The molecule has 0 saturated heterocycles. The summed E-state index contributed by atoms with van der Waals surface area (Å²) in [5.74, 6) is -0.863. The molecule has 7 nitrogen and oxygen atoms in total. The third-order valence-electron chi connectivity index (χ3n) is 6.57. The van der Waals surface area contributed by atoms with Crippen LogP contribution in [0.4, 0.5) is 5.69 Å². The number of rotatable bonds is 11. The van der Waals surface area contributed by atoms with Gasteiger partial charge in [-0.25, -0.2) is 8.42 Å². The molecule has 0 aromatic heterocycles. The lowest BCUT2D eigenvalue weighted by molar-refractivity contribution is -0.140. The Hall–Kier alpha value is -3.07. The zero-order valence-corrected chi connectivity index (χ0v) is 25.6. The number of benzene rings is 3. The summed E-state index contributed by atoms with van der Waals surface area (Å²) in [6.45, 7) is 8.79. The molecule has 0 aliphatic carbocycles. The van der Waals surface area contributed by atoms with Crippen molar-refractivity contribution in [3.05, 3.63) is 93.5 Å². The molecule has 3 aromatic rings. The summed E-state index contributed by atoms with van der Waals surface area (Å²) in [4.78, 5) is 28.7. The van der Waals surface area contributed by atoms with Crippen LogP contribution in [0.15, 0.2) is 71.6 Å². The molecule has 0 heterocycles. The van der Waals surface area contributed by atoms with Crippen molar-refractivity contribution >= 4 is 50.7 Å². The lowest BCUT2D eigenvalue weighted by atomic mass is 10.1. The van der Waals surface area contributed by atoms with Gasteiger partial charge in [-0.2, -0.15) is 0 Å². The molecule has 0 spiro atoms. The van der Waals surface area contributed by atoms with Crippen molar-refractivity contribution < 1.29 is 18.0 Å². The van der Waals surface area contributed by atoms with Gasteiger partial charge in [-0.15, -0.1) is 0 Å². The summed E-state index contributed by atoms with van der Waals surface area (Å²) in [5, 5.41) is 3.71. The highest BCUT2D eigenvalue weighted by Crippen LogP contribution is 2.28. The zero-order chi connectivity index (χ0) is 29.6. The molecule has 10 heteroatoms. The Balaban J connectivity index is 2.10. The van der Waals surface area contributed by atoms with E-state index in [9.17, 15) is 18.0 Å². The third kappa shape index (κ3) is 7.56. The number of sulfonamides is 1. The third-order valence-corrected chi connectivity index (χ3v) is 8.98. The SMILES string of the molecule is CC[C@@H](C(=O)NC(C)C)N(Cc1ccccc1Cl)C(=O)CN(c1ccc(C)c(C)c1)S(=O)(=O)c1ccc(Cl)cc1. The second kappa shape index (κ2) is 13.5. The highest BCUT2D eigenvalue weighted by Gasteiger charge is 2.34. The van der Waals surface area contributed by atoms with E-state index < -0.39 is 28.5 Å². The van der Waals surface area contributed by atoms with Crippen LogP contribution >= 0.6 is 23.2 Å². The number of carbonyl (C=O) groups is 2. The van der Waals surface area contributed by atoms with Gasteiger partial charge in [0.25, 0.3) is 10.0 Å². The van der Waals surface area contributed by atoms with Crippen molar-refractivity contribution in [2.45, 2.75) is 64.6 Å². The van der Waals surface area contributed by atoms with Crippen LogP contribution in [-0.2, 0) is 26.2 Å². The summed E-state index contributed by atoms with van der Waals surface area (Å²) >= 11 is 12.4. The Morgan fingerprint density at radius 2 is 1.57 bits per heavy atom. The van der Waals surface area contributed by atoms with E-state index in [1.165, 1.54) is 29.2 Å². The first-order chi connectivity index (χ1) is 18.8. The van der Waals surface area contributed by atoms with Gasteiger partial charge in [-0.3, -0.25) is 13.9 Å². The Bertz CT molecular complexity index is 1460. The Labute approximate surface area is 247 Å². The fourth-order valence-corrected chi connectivity index (χ4v) is 5.98. The van der Waals surface area contributed by atoms with Crippen molar-refractivity contribution in [1.29, 1.82) is 0 Å². The molecule has 3 aromatic carbocycles. The lowest BCUT2D eigenvalue weighted by Gasteiger charge is -2.34. The van der Waals surface area contributed by atoms with Gasteiger partial charge in [0.15, 0.2) is 0 Å². The first-order valence-corrected chi connectivity index (χ1v) is 15.2. The first kappa shape index (κ1) is 31.5. The Kier molecular flexibility index (Phi) is 10.6. The summed E-state index contributed by atoms with van der Waals surface area (Å²) in [6, 6.07) is 17.1. The van der Waals surface area contributed by atoms with Crippen LogP contribution in [0.3, 0.4) is 0 Å². The molecule has 2 amide bonds. The van der Waals surface area contributed by atoms with Crippen LogP contribution in [0, 0.1) is 13.8 Å². The summed E-state index contributed by atoms with van der Waals surface area (Å²) in [7, 11) is -4.18. The van der Waals surface area contributed by atoms with Gasteiger partial charge in [0, 0.05) is 22.6 Å². The maximum atomic E-state index is 14.1. The lowest BCUT2D eigenvalue weighted by Crippen LogP contribution is -2.53. The molecule has 0 bridgehead atoms. The average Bonchev–Trinajstić information content (AvgIpc) is 2.89. The van der Waals surface area contributed by atoms with E-state index in [1.807, 2.05) is 40.7 Å². The van der Waals surface area contributed by atoms with Crippen LogP contribution in [0.2, 0.25) is 10.0 Å². The van der Waals surface area contributed by atoms with E-state index in [0.717, 1.165) is 15.4 Å². The van der Waals surface area contributed by atoms with Gasteiger partial charge in [0.1, 0.15) is 12.6 Å². The molecule has 0 unspecified atom stereocenters. The van der Waals surface area contributed by atoms with E-state index in [4.69, 9.17) is 23.2 Å². The topological polar surface area (TPSA) is 86.8 Å². The number of anilines is 1. The van der Waals surface area contributed by atoms with Gasteiger partial charge >= 0.3 is 0 Å². The maximum absolute atomic E-state index is 14.1. The summed E-state index contributed by atoms with van der Waals surface area (Å²) < 4.78 is 29.0. The number of halogens is 2. The molecule has 0 aliphatic heterocycles. The van der Waals surface area contributed by atoms with Crippen molar-refractivity contribution in [2.75, 3.05) is 10.8 Å². The molecule has 1 atom stereocenters. The summed E-state index contributed by atoms with van der Waals surface area (Å²) in [6.07, 6.45) is 0.322.